The lowest BCUT2D eigenvalue weighted by Gasteiger charge is -2.20. The summed E-state index contributed by atoms with van der Waals surface area (Å²) in [5.74, 6) is -0.0182. The summed E-state index contributed by atoms with van der Waals surface area (Å²) in [6.07, 6.45) is 0. The first-order valence-electron chi connectivity index (χ1n) is 6.58. The third-order valence-corrected chi connectivity index (χ3v) is 4.95. The molecule has 1 rings (SSSR count). The van der Waals surface area contributed by atoms with Crippen LogP contribution in [0.5, 0.6) is 0 Å². The number of hydrogen-bond donors (Lipinski definition) is 2. The van der Waals surface area contributed by atoms with Gasteiger partial charge in [-0.3, -0.25) is 10.1 Å². The van der Waals surface area contributed by atoms with E-state index < -0.39 is 26.7 Å². The molecule has 0 aliphatic heterocycles. The van der Waals surface area contributed by atoms with E-state index in [2.05, 4.69) is 4.72 Å². The van der Waals surface area contributed by atoms with Crippen molar-refractivity contribution < 1.29 is 13.3 Å². The Morgan fingerprint density at radius 1 is 1.29 bits per heavy atom. The number of nitro benzene ring substituents is 1. The summed E-state index contributed by atoms with van der Waals surface area (Å²) in [5.41, 5.74) is 6.47. The van der Waals surface area contributed by atoms with Crippen molar-refractivity contribution in [3.63, 3.8) is 0 Å². The topological polar surface area (TPSA) is 115 Å². The van der Waals surface area contributed by atoms with Gasteiger partial charge in [0.15, 0.2) is 4.90 Å². The van der Waals surface area contributed by atoms with Crippen LogP contribution in [0.15, 0.2) is 17.0 Å². The minimum Gasteiger partial charge on any atom is -0.329 e. The lowest BCUT2D eigenvalue weighted by Crippen LogP contribution is -2.43. The molecular formula is C13H21N3O4S. The molecule has 118 valence electrons. The number of nitrogens with one attached hydrogen (secondary N) is 1. The highest BCUT2D eigenvalue weighted by Crippen LogP contribution is 2.27. The van der Waals surface area contributed by atoms with Crippen LogP contribution >= 0.6 is 0 Å². The minimum atomic E-state index is -4.00. The zero-order chi connectivity index (χ0) is 16.4. The third kappa shape index (κ3) is 3.99. The zero-order valence-electron chi connectivity index (χ0n) is 12.6. The Morgan fingerprint density at radius 3 is 2.24 bits per heavy atom. The Bertz CT molecular complexity index is 641. The first kappa shape index (κ1) is 17.5. The molecule has 1 aromatic rings. The third-order valence-electron chi connectivity index (χ3n) is 3.43. The monoisotopic (exact) mass is 315 g/mol. The van der Waals surface area contributed by atoms with Crippen molar-refractivity contribution >= 4 is 15.7 Å². The molecule has 0 radical (unpaired) electrons. The lowest BCUT2D eigenvalue weighted by molar-refractivity contribution is -0.387. The summed E-state index contributed by atoms with van der Waals surface area (Å²) >= 11 is 0. The standard InChI is InChI=1S/C13H21N3O4S/c1-8(2)11(7-14)15-21(19,20)13-6-10(4)9(3)5-12(13)16(17)18/h5-6,8,11,15H,7,14H2,1-4H3. The van der Waals surface area contributed by atoms with Crippen molar-refractivity contribution in [2.75, 3.05) is 6.54 Å². The van der Waals surface area contributed by atoms with Gasteiger partial charge in [0.1, 0.15) is 0 Å². The average molecular weight is 315 g/mol. The largest absolute Gasteiger partial charge is 0.329 e. The van der Waals surface area contributed by atoms with Crippen molar-refractivity contribution in [1.29, 1.82) is 0 Å². The molecule has 1 aromatic carbocycles. The van der Waals surface area contributed by atoms with Crippen LogP contribution in [0.25, 0.3) is 0 Å². The van der Waals surface area contributed by atoms with E-state index in [1.165, 1.54) is 12.1 Å². The molecule has 0 saturated heterocycles. The van der Waals surface area contributed by atoms with E-state index in [0.29, 0.717) is 11.1 Å². The molecule has 0 saturated carbocycles. The fraction of sp³-hybridized carbons (Fsp3) is 0.538. The van der Waals surface area contributed by atoms with Crippen LogP contribution in [-0.4, -0.2) is 25.9 Å². The maximum absolute atomic E-state index is 12.4. The van der Waals surface area contributed by atoms with Gasteiger partial charge in [0.05, 0.1) is 4.92 Å². The van der Waals surface area contributed by atoms with E-state index in [4.69, 9.17) is 5.73 Å². The number of sulfonamides is 1. The summed E-state index contributed by atoms with van der Waals surface area (Å²) in [5, 5.41) is 11.1. The molecule has 21 heavy (non-hydrogen) atoms. The number of hydrogen-bond acceptors (Lipinski definition) is 5. The Hall–Kier alpha value is -1.51. The first-order valence-corrected chi connectivity index (χ1v) is 8.06. The first-order chi connectivity index (χ1) is 9.60. The van der Waals surface area contributed by atoms with E-state index in [-0.39, 0.29) is 17.4 Å². The van der Waals surface area contributed by atoms with Gasteiger partial charge in [0.2, 0.25) is 10.0 Å². The fourth-order valence-corrected chi connectivity index (χ4v) is 3.49. The van der Waals surface area contributed by atoms with Crippen LogP contribution in [-0.2, 0) is 10.0 Å². The van der Waals surface area contributed by atoms with Gasteiger partial charge < -0.3 is 5.73 Å². The maximum Gasteiger partial charge on any atom is 0.289 e. The minimum absolute atomic E-state index is 0.0182. The second kappa shape index (κ2) is 6.50. The predicted octanol–water partition coefficient (Wildman–Crippen LogP) is 1.47. The normalized spacial score (nSPS) is 13.4. The van der Waals surface area contributed by atoms with Crippen LogP contribution in [0.4, 0.5) is 5.69 Å². The molecule has 0 aliphatic rings. The smallest absolute Gasteiger partial charge is 0.289 e. The van der Waals surface area contributed by atoms with Crippen LogP contribution in [0, 0.1) is 29.9 Å². The molecule has 0 bridgehead atoms. The number of nitrogens with zero attached hydrogens (tertiary/aromatic N) is 1. The van der Waals surface area contributed by atoms with Crippen LogP contribution in [0.2, 0.25) is 0 Å². The zero-order valence-corrected chi connectivity index (χ0v) is 13.4. The molecule has 0 fully saturated rings. The number of nitrogens with two attached hydrogens (primary N) is 1. The second-order valence-electron chi connectivity index (χ2n) is 5.37. The number of aryl methyl sites for hydroxylation is 2. The second-order valence-corrected chi connectivity index (χ2v) is 7.05. The van der Waals surface area contributed by atoms with Crippen molar-refractivity contribution in [1.82, 2.24) is 4.72 Å². The highest BCUT2D eigenvalue weighted by Gasteiger charge is 2.29. The molecular weight excluding hydrogens is 294 g/mol. The highest BCUT2D eigenvalue weighted by molar-refractivity contribution is 7.89. The number of rotatable bonds is 6. The molecule has 0 spiro atoms. The van der Waals surface area contributed by atoms with Crippen molar-refractivity contribution in [3.05, 3.63) is 33.4 Å². The van der Waals surface area contributed by atoms with Crippen LogP contribution in [0.3, 0.4) is 0 Å². The van der Waals surface area contributed by atoms with Gasteiger partial charge in [0.25, 0.3) is 5.69 Å². The van der Waals surface area contributed by atoms with E-state index in [1.54, 1.807) is 13.8 Å². The summed E-state index contributed by atoms with van der Waals surface area (Å²) in [6.45, 7) is 7.18. The van der Waals surface area contributed by atoms with E-state index in [1.807, 2.05) is 13.8 Å². The van der Waals surface area contributed by atoms with Crippen molar-refractivity contribution in [2.24, 2.45) is 11.7 Å². The van der Waals surface area contributed by atoms with E-state index in [9.17, 15) is 18.5 Å². The maximum atomic E-state index is 12.4. The van der Waals surface area contributed by atoms with Gasteiger partial charge in [-0.2, -0.15) is 0 Å². The van der Waals surface area contributed by atoms with Gasteiger partial charge in [-0.15, -0.1) is 0 Å². The number of benzene rings is 1. The van der Waals surface area contributed by atoms with E-state index in [0.717, 1.165) is 0 Å². The molecule has 1 unspecified atom stereocenters. The Morgan fingerprint density at radius 2 is 1.81 bits per heavy atom. The molecule has 1 atom stereocenters. The SMILES string of the molecule is Cc1cc([N+](=O)[O-])c(S(=O)(=O)NC(CN)C(C)C)cc1C. The predicted molar refractivity (Wildman–Crippen MR) is 80.6 cm³/mol. The molecule has 8 heteroatoms. The molecule has 7 nitrogen and oxygen atoms in total. The number of nitro groups is 1. The fourth-order valence-electron chi connectivity index (χ4n) is 1.85. The van der Waals surface area contributed by atoms with Crippen LogP contribution in [0.1, 0.15) is 25.0 Å². The van der Waals surface area contributed by atoms with Gasteiger partial charge in [0, 0.05) is 18.7 Å². The summed E-state index contributed by atoms with van der Waals surface area (Å²) in [6, 6.07) is 2.12. The summed E-state index contributed by atoms with van der Waals surface area (Å²) in [4.78, 5) is 10.1. The highest BCUT2D eigenvalue weighted by atomic mass is 32.2. The van der Waals surface area contributed by atoms with Crippen LogP contribution < -0.4 is 10.5 Å². The van der Waals surface area contributed by atoms with Gasteiger partial charge >= 0.3 is 0 Å². The Balaban J connectivity index is 3.37. The van der Waals surface area contributed by atoms with Gasteiger partial charge in [-0.25, -0.2) is 13.1 Å². The van der Waals surface area contributed by atoms with Crippen molar-refractivity contribution in [3.8, 4) is 0 Å². The Labute approximate surface area is 124 Å². The molecule has 0 aromatic heterocycles. The van der Waals surface area contributed by atoms with Gasteiger partial charge in [-0.1, -0.05) is 13.8 Å². The molecule has 0 heterocycles. The summed E-state index contributed by atoms with van der Waals surface area (Å²) < 4.78 is 27.3. The summed E-state index contributed by atoms with van der Waals surface area (Å²) in [7, 11) is -4.00. The lowest BCUT2D eigenvalue weighted by atomic mass is 10.1. The van der Waals surface area contributed by atoms with Crippen molar-refractivity contribution in [2.45, 2.75) is 38.6 Å². The molecule has 3 N–H and O–H groups in total. The average Bonchev–Trinajstić information content (AvgIpc) is 2.37. The molecule has 0 amide bonds. The van der Waals surface area contributed by atoms with Gasteiger partial charge in [-0.05, 0) is 37.0 Å². The van der Waals surface area contributed by atoms with E-state index >= 15 is 0 Å². The molecule has 0 aliphatic carbocycles. The Kier molecular flexibility index (Phi) is 5.43. The quantitative estimate of drug-likeness (QED) is 0.609.